The minimum absolute atomic E-state index is 0.0715. The molecule has 164 valence electrons. The Balaban J connectivity index is 1.48. The molecule has 0 unspecified atom stereocenters. The van der Waals surface area contributed by atoms with Gasteiger partial charge in [0.25, 0.3) is 0 Å². The monoisotopic (exact) mass is 437 g/mol. The highest BCUT2D eigenvalue weighted by Gasteiger charge is 2.38. The maximum Gasteiger partial charge on any atom is 0.0544 e. The number of fused-ring (bicyclic) bond motifs is 5. The molecule has 0 radical (unpaired) electrons. The zero-order valence-electron chi connectivity index (χ0n) is 19.7. The van der Waals surface area contributed by atoms with Crippen LogP contribution in [0, 0.1) is 0 Å². The van der Waals surface area contributed by atoms with Gasteiger partial charge in [-0.2, -0.15) is 0 Å². The number of aromatic nitrogens is 1. The third-order valence-corrected chi connectivity index (χ3v) is 7.93. The molecule has 1 heteroatoms. The molecule has 2 aliphatic rings. The van der Waals surface area contributed by atoms with Gasteiger partial charge < -0.3 is 4.57 Å². The number of allylic oxidation sites excluding steroid dienone is 4. The molecule has 1 heterocycles. The minimum atomic E-state index is 0.0715. The fourth-order valence-corrected chi connectivity index (χ4v) is 6.19. The number of para-hydroxylation sites is 1. The van der Waals surface area contributed by atoms with E-state index < -0.39 is 0 Å². The zero-order chi connectivity index (χ0) is 22.9. The number of hydrogen-bond donors (Lipinski definition) is 0. The lowest BCUT2D eigenvalue weighted by Crippen LogP contribution is -2.17. The summed E-state index contributed by atoms with van der Waals surface area (Å²) in [5.74, 6) is 0. The molecule has 2 aliphatic carbocycles. The maximum absolute atomic E-state index is 2.47. The summed E-state index contributed by atoms with van der Waals surface area (Å²) in [6.07, 6.45) is 7.02. The van der Waals surface area contributed by atoms with E-state index in [-0.39, 0.29) is 5.41 Å². The van der Waals surface area contributed by atoms with E-state index in [0.29, 0.717) is 0 Å². The summed E-state index contributed by atoms with van der Waals surface area (Å²) in [6.45, 7) is 4.81. The van der Waals surface area contributed by atoms with Crippen LogP contribution in [0.4, 0.5) is 0 Å². The Morgan fingerprint density at radius 3 is 2.26 bits per heavy atom. The summed E-state index contributed by atoms with van der Waals surface area (Å²) < 4.78 is 2.45. The average Bonchev–Trinajstić information content (AvgIpc) is 3.33. The van der Waals surface area contributed by atoms with Gasteiger partial charge in [-0.1, -0.05) is 92.2 Å². The second-order valence-electron chi connectivity index (χ2n) is 10.1. The molecule has 0 atom stereocenters. The molecule has 1 aromatic heterocycles. The normalized spacial score (nSPS) is 16.3. The van der Waals surface area contributed by atoms with Gasteiger partial charge in [-0.05, 0) is 71.0 Å². The first-order valence-electron chi connectivity index (χ1n) is 12.3. The van der Waals surface area contributed by atoms with Crippen LogP contribution in [0.1, 0.15) is 37.8 Å². The van der Waals surface area contributed by atoms with E-state index in [1.54, 1.807) is 5.57 Å². The van der Waals surface area contributed by atoms with Crippen molar-refractivity contribution < 1.29 is 0 Å². The third kappa shape index (κ3) is 2.67. The van der Waals surface area contributed by atoms with E-state index in [2.05, 4.69) is 122 Å². The van der Waals surface area contributed by atoms with Crippen LogP contribution in [0.5, 0.6) is 0 Å². The molecule has 7 rings (SSSR count). The Hall–Kier alpha value is -3.84. The van der Waals surface area contributed by atoms with Gasteiger partial charge in [0.2, 0.25) is 0 Å². The minimum Gasteiger partial charge on any atom is -0.309 e. The van der Waals surface area contributed by atoms with Crippen molar-refractivity contribution in [1.82, 2.24) is 4.57 Å². The van der Waals surface area contributed by atoms with Crippen LogP contribution < -0.4 is 0 Å². The molecule has 1 nitrogen and oxygen atoms in total. The fraction of sp³-hybridized carbons (Fsp3) is 0.152. The van der Waals surface area contributed by atoms with E-state index in [1.807, 2.05) is 0 Å². The molecular weight excluding hydrogens is 410 g/mol. The van der Waals surface area contributed by atoms with Crippen molar-refractivity contribution in [2.24, 2.45) is 0 Å². The smallest absolute Gasteiger partial charge is 0.0544 e. The van der Waals surface area contributed by atoms with Crippen molar-refractivity contribution in [2.45, 2.75) is 32.1 Å². The zero-order valence-corrected chi connectivity index (χ0v) is 19.7. The van der Waals surface area contributed by atoms with E-state index in [1.165, 1.54) is 61.7 Å². The molecule has 0 fully saturated rings. The predicted molar refractivity (Wildman–Crippen MR) is 145 cm³/mol. The Morgan fingerprint density at radius 2 is 1.44 bits per heavy atom. The molecule has 0 N–H and O–H groups in total. The lowest BCUT2D eigenvalue weighted by Gasteiger charge is -2.25. The number of rotatable bonds is 2. The molecule has 0 bridgehead atoms. The topological polar surface area (TPSA) is 4.93 Å². The largest absolute Gasteiger partial charge is 0.309 e. The van der Waals surface area contributed by atoms with E-state index in [0.717, 1.165) is 6.42 Å². The van der Waals surface area contributed by atoms with Crippen LogP contribution in [0.2, 0.25) is 0 Å². The maximum atomic E-state index is 2.47. The first kappa shape index (κ1) is 19.6. The summed E-state index contributed by atoms with van der Waals surface area (Å²) in [6, 6.07) is 33.4. The number of hydrogen-bond acceptors (Lipinski definition) is 0. The predicted octanol–water partition coefficient (Wildman–Crippen LogP) is 8.85. The highest BCUT2D eigenvalue weighted by molar-refractivity contribution is 6.11. The van der Waals surface area contributed by atoms with Crippen LogP contribution >= 0.6 is 0 Å². The van der Waals surface area contributed by atoms with Crippen molar-refractivity contribution in [1.29, 1.82) is 0 Å². The van der Waals surface area contributed by atoms with Crippen molar-refractivity contribution in [3.8, 4) is 16.8 Å². The summed E-state index contributed by atoms with van der Waals surface area (Å²) in [5, 5.41) is 2.66. The van der Waals surface area contributed by atoms with Crippen molar-refractivity contribution in [2.75, 3.05) is 0 Å². The van der Waals surface area contributed by atoms with Gasteiger partial charge in [0.1, 0.15) is 0 Å². The van der Waals surface area contributed by atoms with E-state index >= 15 is 0 Å². The molecule has 0 aliphatic heterocycles. The third-order valence-electron chi connectivity index (χ3n) is 7.93. The van der Waals surface area contributed by atoms with Crippen molar-refractivity contribution in [3.63, 3.8) is 0 Å². The first-order chi connectivity index (χ1) is 16.6. The SMILES string of the molecule is CC1(C)C2=C(C=CCC2)c2cc3c4ccccc4n(-c4ccc(-c5ccccc5)cc4)c3cc21. The molecule has 0 saturated heterocycles. The summed E-state index contributed by atoms with van der Waals surface area (Å²) >= 11 is 0. The van der Waals surface area contributed by atoms with Gasteiger partial charge in [0, 0.05) is 21.9 Å². The average molecular weight is 438 g/mol. The Morgan fingerprint density at radius 1 is 0.706 bits per heavy atom. The van der Waals surface area contributed by atoms with Crippen LogP contribution in [0.15, 0.2) is 109 Å². The van der Waals surface area contributed by atoms with Gasteiger partial charge in [-0.25, -0.2) is 0 Å². The fourth-order valence-electron chi connectivity index (χ4n) is 6.19. The molecule has 0 spiro atoms. The highest BCUT2D eigenvalue weighted by Crippen LogP contribution is 2.51. The number of nitrogens with zero attached hydrogens (tertiary/aromatic N) is 1. The first-order valence-corrected chi connectivity index (χ1v) is 12.3. The van der Waals surface area contributed by atoms with Crippen LogP contribution in [-0.2, 0) is 5.41 Å². The Bertz CT molecular complexity index is 1640. The Labute approximate surface area is 200 Å². The molecule has 4 aromatic carbocycles. The molecule has 0 amide bonds. The molecule has 5 aromatic rings. The molecular formula is C33H27N. The van der Waals surface area contributed by atoms with Gasteiger partial charge in [-0.15, -0.1) is 0 Å². The van der Waals surface area contributed by atoms with Crippen LogP contribution in [-0.4, -0.2) is 4.57 Å². The quantitative estimate of drug-likeness (QED) is 0.260. The van der Waals surface area contributed by atoms with Crippen LogP contribution in [0.25, 0.3) is 44.2 Å². The molecule has 34 heavy (non-hydrogen) atoms. The highest BCUT2D eigenvalue weighted by atomic mass is 15.0. The van der Waals surface area contributed by atoms with Gasteiger partial charge in [-0.3, -0.25) is 0 Å². The second-order valence-corrected chi connectivity index (χ2v) is 10.1. The van der Waals surface area contributed by atoms with E-state index in [9.17, 15) is 0 Å². The van der Waals surface area contributed by atoms with Gasteiger partial charge in [0.05, 0.1) is 11.0 Å². The Kier molecular flexibility index (Phi) is 4.08. The van der Waals surface area contributed by atoms with Crippen molar-refractivity contribution in [3.05, 3.63) is 120 Å². The van der Waals surface area contributed by atoms with Gasteiger partial charge in [0.15, 0.2) is 0 Å². The number of benzene rings is 4. The lowest BCUT2D eigenvalue weighted by atomic mass is 9.78. The second kappa shape index (κ2) is 7.08. The molecule has 0 saturated carbocycles. The lowest BCUT2D eigenvalue weighted by molar-refractivity contribution is 0.608. The standard InChI is InChI=1S/C33H27N/c1-33(2)29-14-8-6-12-25(29)27-20-28-26-13-7-9-15-31(26)34(32(28)21-30(27)33)24-18-16-23(17-19-24)22-10-4-3-5-11-22/h3-7,9-13,15-21H,8,14H2,1-2H3. The van der Waals surface area contributed by atoms with Crippen molar-refractivity contribution >= 4 is 27.4 Å². The summed E-state index contributed by atoms with van der Waals surface area (Å²) in [4.78, 5) is 0. The van der Waals surface area contributed by atoms with Crippen LogP contribution in [0.3, 0.4) is 0 Å². The van der Waals surface area contributed by atoms with Gasteiger partial charge >= 0.3 is 0 Å². The summed E-state index contributed by atoms with van der Waals surface area (Å²) in [5.41, 5.74) is 12.3. The summed E-state index contributed by atoms with van der Waals surface area (Å²) in [7, 11) is 0. The van der Waals surface area contributed by atoms with E-state index in [4.69, 9.17) is 0 Å².